The summed E-state index contributed by atoms with van der Waals surface area (Å²) in [5.41, 5.74) is -2.33. The summed E-state index contributed by atoms with van der Waals surface area (Å²) in [6.07, 6.45) is 0.137. The van der Waals surface area contributed by atoms with Crippen LogP contribution in [0.4, 0.5) is 8.78 Å². The van der Waals surface area contributed by atoms with Gasteiger partial charge in [-0.05, 0) is 18.6 Å². The van der Waals surface area contributed by atoms with E-state index in [-0.39, 0.29) is 12.0 Å². The molecule has 0 spiro atoms. The molecule has 0 bridgehead atoms. The number of nitrogens with one attached hydrogen (secondary N) is 1. The molecule has 1 aromatic heterocycles. The molecule has 1 heterocycles. The van der Waals surface area contributed by atoms with E-state index in [4.69, 9.17) is 0 Å². The lowest BCUT2D eigenvalue weighted by Crippen LogP contribution is -2.31. The van der Waals surface area contributed by atoms with E-state index in [1.807, 2.05) is 4.98 Å². The fraction of sp³-hybridized carbons (Fsp3) is 0.167. The van der Waals surface area contributed by atoms with Crippen LogP contribution in [0.2, 0.25) is 0 Å². The average Bonchev–Trinajstić information content (AvgIpc) is 2.33. The van der Waals surface area contributed by atoms with E-state index in [1.165, 1.54) is 0 Å². The van der Waals surface area contributed by atoms with Crippen LogP contribution in [0.5, 0.6) is 5.88 Å². The number of benzene rings is 1. The van der Waals surface area contributed by atoms with E-state index in [9.17, 15) is 23.5 Å². The van der Waals surface area contributed by atoms with Crippen molar-refractivity contribution in [1.29, 1.82) is 0 Å². The standard InChI is InChI=1S/C12H10F2N2O3/c1-2-7-10(17)15-12(19)16(11(7)18)9-5-6(13)3-4-8(9)14/h3-5,18H,2H2,1H3,(H,15,17,19). The average molecular weight is 268 g/mol. The number of hydrogen-bond acceptors (Lipinski definition) is 3. The van der Waals surface area contributed by atoms with Crippen LogP contribution in [0.25, 0.3) is 5.69 Å². The van der Waals surface area contributed by atoms with Gasteiger partial charge in [0.15, 0.2) is 0 Å². The van der Waals surface area contributed by atoms with Crippen LogP contribution in [-0.4, -0.2) is 14.7 Å². The van der Waals surface area contributed by atoms with Crippen molar-refractivity contribution >= 4 is 0 Å². The number of H-pyrrole nitrogens is 1. The summed E-state index contributed by atoms with van der Waals surface area (Å²) >= 11 is 0. The van der Waals surface area contributed by atoms with Crippen molar-refractivity contribution in [3.63, 3.8) is 0 Å². The molecule has 0 saturated heterocycles. The first-order chi connectivity index (χ1) is 8.95. The third-order valence-corrected chi connectivity index (χ3v) is 2.68. The highest BCUT2D eigenvalue weighted by Gasteiger charge is 2.17. The molecule has 0 aliphatic heterocycles. The maximum absolute atomic E-state index is 13.6. The Morgan fingerprint density at radius 1 is 1.32 bits per heavy atom. The van der Waals surface area contributed by atoms with Gasteiger partial charge in [-0.2, -0.15) is 0 Å². The lowest BCUT2D eigenvalue weighted by Gasteiger charge is -2.11. The van der Waals surface area contributed by atoms with E-state index in [0.29, 0.717) is 4.57 Å². The van der Waals surface area contributed by atoms with Gasteiger partial charge >= 0.3 is 5.69 Å². The third kappa shape index (κ3) is 2.14. The monoisotopic (exact) mass is 268 g/mol. The van der Waals surface area contributed by atoms with Crippen molar-refractivity contribution in [3.05, 3.63) is 56.2 Å². The molecule has 2 rings (SSSR count). The zero-order chi connectivity index (χ0) is 14.2. The number of aromatic amines is 1. The molecule has 0 aliphatic rings. The van der Waals surface area contributed by atoms with Gasteiger partial charge in [-0.25, -0.2) is 18.1 Å². The van der Waals surface area contributed by atoms with Crippen molar-refractivity contribution in [2.75, 3.05) is 0 Å². The first kappa shape index (κ1) is 13.0. The zero-order valence-electron chi connectivity index (χ0n) is 9.91. The molecule has 0 saturated carbocycles. The van der Waals surface area contributed by atoms with Gasteiger partial charge in [-0.1, -0.05) is 6.92 Å². The Kier molecular flexibility index (Phi) is 3.20. The van der Waals surface area contributed by atoms with Crippen LogP contribution in [0.3, 0.4) is 0 Å². The second-order valence-electron chi connectivity index (χ2n) is 3.85. The maximum atomic E-state index is 13.6. The summed E-state index contributed by atoms with van der Waals surface area (Å²) in [6, 6.07) is 2.47. The molecule has 0 aliphatic carbocycles. The van der Waals surface area contributed by atoms with Gasteiger partial charge < -0.3 is 5.11 Å². The lowest BCUT2D eigenvalue weighted by atomic mass is 10.2. The number of rotatable bonds is 2. The fourth-order valence-electron chi connectivity index (χ4n) is 1.76. The first-order valence-corrected chi connectivity index (χ1v) is 5.48. The number of aromatic nitrogens is 2. The number of nitrogens with zero attached hydrogens (tertiary/aromatic N) is 1. The van der Waals surface area contributed by atoms with Gasteiger partial charge in [0.1, 0.15) is 11.6 Å². The van der Waals surface area contributed by atoms with Crippen LogP contribution in [0, 0.1) is 11.6 Å². The minimum Gasteiger partial charge on any atom is -0.494 e. The topological polar surface area (TPSA) is 75.1 Å². The van der Waals surface area contributed by atoms with Gasteiger partial charge in [-0.3, -0.25) is 9.78 Å². The molecule has 0 fully saturated rings. The van der Waals surface area contributed by atoms with Gasteiger partial charge in [0.2, 0.25) is 5.88 Å². The molecular formula is C12H10F2N2O3. The van der Waals surface area contributed by atoms with E-state index < -0.39 is 34.5 Å². The van der Waals surface area contributed by atoms with E-state index >= 15 is 0 Å². The Morgan fingerprint density at radius 3 is 2.63 bits per heavy atom. The number of hydrogen-bond donors (Lipinski definition) is 2. The van der Waals surface area contributed by atoms with Crippen LogP contribution in [0.1, 0.15) is 12.5 Å². The third-order valence-electron chi connectivity index (χ3n) is 2.68. The largest absolute Gasteiger partial charge is 0.494 e. The molecule has 0 amide bonds. The van der Waals surface area contributed by atoms with E-state index in [1.54, 1.807) is 6.92 Å². The summed E-state index contributed by atoms with van der Waals surface area (Å²) in [5.74, 6) is -2.36. The summed E-state index contributed by atoms with van der Waals surface area (Å²) in [4.78, 5) is 25.0. The molecule has 2 N–H and O–H groups in total. The Hall–Kier alpha value is -2.44. The first-order valence-electron chi connectivity index (χ1n) is 5.48. The van der Waals surface area contributed by atoms with Crippen molar-refractivity contribution in [2.24, 2.45) is 0 Å². The highest BCUT2D eigenvalue weighted by atomic mass is 19.1. The summed E-state index contributed by atoms with van der Waals surface area (Å²) < 4.78 is 27.3. The highest BCUT2D eigenvalue weighted by molar-refractivity contribution is 5.39. The quantitative estimate of drug-likeness (QED) is 0.855. The van der Waals surface area contributed by atoms with Crippen molar-refractivity contribution < 1.29 is 13.9 Å². The SMILES string of the molecule is CCc1c(O)n(-c2cc(F)ccc2F)c(=O)[nH]c1=O. The van der Waals surface area contributed by atoms with Gasteiger partial charge in [-0.15, -0.1) is 0 Å². The smallest absolute Gasteiger partial charge is 0.335 e. The Bertz CT molecular complexity index is 750. The Labute approximate surface area is 105 Å². The Morgan fingerprint density at radius 2 is 2.00 bits per heavy atom. The predicted molar refractivity (Wildman–Crippen MR) is 63.6 cm³/mol. The summed E-state index contributed by atoms with van der Waals surface area (Å²) in [5, 5.41) is 9.87. The van der Waals surface area contributed by atoms with E-state index in [2.05, 4.69) is 0 Å². The predicted octanol–water partition coefficient (Wildman–Crippen LogP) is 1.07. The van der Waals surface area contributed by atoms with Crippen LogP contribution in [0.15, 0.2) is 27.8 Å². The van der Waals surface area contributed by atoms with Gasteiger partial charge in [0, 0.05) is 6.07 Å². The number of halogens is 2. The minimum absolute atomic E-state index is 0.0803. The van der Waals surface area contributed by atoms with Crippen molar-refractivity contribution in [3.8, 4) is 11.6 Å². The Balaban J connectivity index is 2.86. The molecule has 19 heavy (non-hydrogen) atoms. The second kappa shape index (κ2) is 4.68. The molecule has 2 aromatic rings. The molecule has 1 aromatic carbocycles. The van der Waals surface area contributed by atoms with Crippen LogP contribution < -0.4 is 11.2 Å². The lowest BCUT2D eigenvalue weighted by molar-refractivity contribution is 0.420. The molecule has 5 nitrogen and oxygen atoms in total. The van der Waals surface area contributed by atoms with Crippen LogP contribution in [-0.2, 0) is 6.42 Å². The summed E-state index contributed by atoms with van der Waals surface area (Å²) in [7, 11) is 0. The zero-order valence-corrected chi connectivity index (χ0v) is 9.91. The molecule has 7 heteroatoms. The molecule has 0 unspecified atom stereocenters. The van der Waals surface area contributed by atoms with Crippen LogP contribution >= 0.6 is 0 Å². The normalized spacial score (nSPS) is 10.7. The second-order valence-corrected chi connectivity index (χ2v) is 3.85. The number of aromatic hydroxyl groups is 1. The molecule has 100 valence electrons. The highest BCUT2D eigenvalue weighted by Crippen LogP contribution is 2.20. The fourth-order valence-corrected chi connectivity index (χ4v) is 1.76. The molecule has 0 radical (unpaired) electrons. The van der Waals surface area contributed by atoms with Gasteiger partial charge in [0.25, 0.3) is 5.56 Å². The van der Waals surface area contributed by atoms with Gasteiger partial charge in [0.05, 0.1) is 11.3 Å². The molecule has 0 atom stereocenters. The molecular weight excluding hydrogens is 258 g/mol. The minimum atomic E-state index is -1.04. The van der Waals surface area contributed by atoms with Crippen molar-refractivity contribution in [1.82, 2.24) is 9.55 Å². The maximum Gasteiger partial charge on any atom is 0.335 e. The summed E-state index contributed by atoms with van der Waals surface area (Å²) in [6.45, 7) is 1.58. The van der Waals surface area contributed by atoms with E-state index in [0.717, 1.165) is 18.2 Å². The van der Waals surface area contributed by atoms with Crippen molar-refractivity contribution in [2.45, 2.75) is 13.3 Å².